The summed E-state index contributed by atoms with van der Waals surface area (Å²) in [7, 11) is -4.14. The van der Waals surface area contributed by atoms with Crippen LogP contribution in [0.2, 0.25) is 10.0 Å². The molecule has 1 atom stereocenters. The third-order valence-corrected chi connectivity index (χ3v) is 5.93. The largest absolute Gasteiger partial charge is 0.480 e. The van der Waals surface area contributed by atoms with Crippen molar-refractivity contribution in [1.29, 1.82) is 0 Å². The molecular formula is C11H12BrCl2NO4S2. The van der Waals surface area contributed by atoms with E-state index in [1.54, 1.807) is 6.26 Å². The molecule has 0 aliphatic heterocycles. The zero-order valence-electron chi connectivity index (χ0n) is 10.8. The average Bonchev–Trinajstić information content (AvgIpc) is 2.32. The Morgan fingerprint density at radius 1 is 1.43 bits per heavy atom. The topological polar surface area (TPSA) is 83.5 Å². The van der Waals surface area contributed by atoms with Gasteiger partial charge in [-0.1, -0.05) is 39.1 Å². The minimum absolute atomic E-state index is 0.0871. The number of carboxylic acid groups (broad SMARTS) is 1. The molecule has 0 radical (unpaired) electrons. The highest BCUT2D eigenvalue weighted by Crippen LogP contribution is 2.32. The molecule has 0 saturated carbocycles. The fourth-order valence-corrected chi connectivity index (χ4v) is 5.13. The van der Waals surface area contributed by atoms with Gasteiger partial charge in [-0.15, -0.1) is 0 Å². The number of halogens is 3. The smallest absolute Gasteiger partial charge is 0.321 e. The van der Waals surface area contributed by atoms with Crippen LogP contribution in [0.15, 0.2) is 21.5 Å². The lowest BCUT2D eigenvalue weighted by atomic mass is 10.2. The summed E-state index contributed by atoms with van der Waals surface area (Å²) in [4.78, 5) is 10.8. The number of carbonyl (C=O) groups is 1. The first-order chi connectivity index (χ1) is 9.69. The molecule has 1 unspecified atom stereocenters. The van der Waals surface area contributed by atoms with Crippen LogP contribution in [0, 0.1) is 0 Å². The molecule has 1 aromatic carbocycles. The summed E-state index contributed by atoms with van der Waals surface area (Å²) < 4.78 is 27.2. The first kappa shape index (κ1) is 19.1. The van der Waals surface area contributed by atoms with Crippen molar-refractivity contribution in [2.45, 2.75) is 17.4 Å². The van der Waals surface area contributed by atoms with Crippen LogP contribution >= 0.6 is 50.9 Å². The normalized spacial score (nSPS) is 13.1. The van der Waals surface area contributed by atoms with E-state index in [0.29, 0.717) is 10.2 Å². The third-order valence-electron chi connectivity index (χ3n) is 2.44. The summed E-state index contributed by atoms with van der Waals surface area (Å²) >= 11 is 16.4. The SMILES string of the molecule is CSCCC(NS(=O)(=O)c1c(Cl)cc(Br)cc1Cl)C(=O)O. The molecule has 1 aromatic rings. The van der Waals surface area contributed by atoms with Gasteiger partial charge < -0.3 is 5.11 Å². The Kier molecular flexibility index (Phi) is 7.29. The van der Waals surface area contributed by atoms with Gasteiger partial charge in [0.05, 0.1) is 10.0 Å². The van der Waals surface area contributed by atoms with E-state index in [-0.39, 0.29) is 21.4 Å². The van der Waals surface area contributed by atoms with Crippen molar-refractivity contribution in [2.75, 3.05) is 12.0 Å². The summed E-state index contributed by atoms with van der Waals surface area (Å²) in [5.41, 5.74) is 0. The van der Waals surface area contributed by atoms with Crippen LogP contribution in [-0.2, 0) is 14.8 Å². The van der Waals surface area contributed by atoms with Gasteiger partial charge in [0, 0.05) is 4.47 Å². The second kappa shape index (κ2) is 8.03. The van der Waals surface area contributed by atoms with Gasteiger partial charge in [-0.25, -0.2) is 8.42 Å². The fourth-order valence-electron chi connectivity index (χ4n) is 1.50. The predicted octanol–water partition coefficient (Wildman–Crippen LogP) is 3.24. The number of nitrogens with one attached hydrogen (secondary N) is 1. The Hall–Kier alpha value is 0.01000. The molecule has 10 heteroatoms. The van der Waals surface area contributed by atoms with Gasteiger partial charge in [-0.3, -0.25) is 4.79 Å². The van der Waals surface area contributed by atoms with Crippen LogP contribution in [-0.4, -0.2) is 37.5 Å². The van der Waals surface area contributed by atoms with Gasteiger partial charge >= 0.3 is 5.97 Å². The quantitative estimate of drug-likeness (QED) is 0.685. The Labute approximate surface area is 145 Å². The molecule has 0 amide bonds. The molecule has 0 heterocycles. The molecule has 118 valence electrons. The van der Waals surface area contributed by atoms with Crippen LogP contribution in [0.25, 0.3) is 0 Å². The maximum Gasteiger partial charge on any atom is 0.321 e. The molecule has 0 spiro atoms. The molecule has 21 heavy (non-hydrogen) atoms. The highest BCUT2D eigenvalue weighted by molar-refractivity contribution is 9.10. The highest BCUT2D eigenvalue weighted by atomic mass is 79.9. The van der Waals surface area contributed by atoms with Gasteiger partial charge in [0.1, 0.15) is 10.9 Å². The molecule has 5 nitrogen and oxygen atoms in total. The fraction of sp³-hybridized carbons (Fsp3) is 0.364. The number of hydrogen-bond acceptors (Lipinski definition) is 4. The van der Waals surface area contributed by atoms with Gasteiger partial charge in [0.15, 0.2) is 0 Å². The maximum atomic E-state index is 12.3. The third kappa shape index (κ3) is 5.30. The second-order valence-electron chi connectivity index (χ2n) is 3.99. The van der Waals surface area contributed by atoms with E-state index in [1.165, 1.54) is 23.9 Å². The molecule has 0 aromatic heterocycles. The number of thioether (sulfide) groups is 1. The van der Waals surface area contributed by atoms with Crippen molar-refractivity contribution in [3.63, 3.8) is 0 Å². The van der Waals surface area contributed by atoms with Gasteiger partial charge in [0.25, 0.3) is 0 Å². The average molecular weight is 437 g/mol. The molecule has 0 bridgehead atoms. The van der Waals surface area contributed by atoms with E-state index in [2.05, 4.69) is 20.7 Å². The zero-order valence-corrected chi connectivity index (χ0v) is 15.5. The number of benzene rings is 1. The van der Waals surface area contributed by atoms with Gasteiger partial charge in [-0.2, -0.15) is 16.5 Å². The Bertz CT molecular complexity index is 616. The first-order valence-corrected chi connectivity index (χ1v) is 10.00. The van der Waals surface area contributed by atoms with E-state index in [1.807, 2.05) is 0 Å². The van der Waals surface area contributed by atoms with Crippen molar-refractivity contribution in [3.05, 3.63) is 26.7 Å². The highest BCUT2D eigenvalue weighted by Gasteiger charge is 2.28. The predicted molar refractivity (Wildman–Crippen MR) is 88.9 cm³/mol. The summed E-state index contributed by atoms with van der Waals surface area (Å²) in [6.07, 6.45) is 1.96. The van der Waals surface area contributed by atoms with E-state index >= 15 is 0 Å². The monoisotopic (exact) mass is 435 g/mol. The van der Waals surface area contributed by atoms with Crippen molar-refractivity contribution >= 4 is 66.9 Å². The molecule has 0 aliphatic rings. The van der Waals surface area contributed by atoms with Crippen LogP contribution in [0.3, 0.4) is 0 Å². The lowest BCUT2D eigenvalue weighted by molar-refractivity contribution is -0.139. The number of hydrogen-bond donors (Lipinski definition) is 2. The number of sulfonamides is 1. The molecular weight excluding hydrogens is 425 g/mol. The summed E-state index contributed by atoms with van der Waals surface area (Å²) in [6, 6.07) is 1.51. The number of rotatable bonds is 7. The minimum Gasteiger partial charge on any atom is -0.480 e. The van der Waals surface area contributed by atoms with E-state index in [9.17, 15) is 13.2 Å². The van der Waals surface area contributed by atoms with E-state index in [0.717, 1.165) is 0 Å². The van der Waals surface area contributed by atoms with Crippen LogP contribution in [0.4, 0.5) is 0 Å². The molecule has 1 rings (SSSR count). The lowest BCUT2D eigenvalue weighted by Crippen LogP contribution is -2.41. The lowest BCUT2D eigenvalue weighted by Gasteiger charge is -2.16. The molecule has 2 N–H and O–H groups in total. The number of aliphatic carboxylic acids is 1. The second-order valence-corrected chi connectivity index (χ2v) is 8.36. The van der Waals surface area contributed by atoms with E-state index in [4.69, 9.17) is 28.3 Å². The molecule has 0 fully saturated rings. The zero-order chi connectivity index (χ0) is 16.2. The summed E-state index contributed by atoms with van der Waals surface area (Å²) in [5.74, 6) is -0.752. The molecule has 0 aliphatic carbocycles. The minimum atomic E-state index is -4.14. The van der Waals surface area contributed by atoms with Crippen molar-refractivity contribution < 1.29 is 18.3 Å². The van der Waals surface area contributed by atoms with Crippen LogP contribution < -0.4 is 4.72 Å². The van der Waals surface area contributed by atoms with Crippen LogP contribution in [0.5, 0.6) is 0 Å². The van der Waals surface area contributed by atoms with E-state index < -0.39 is 22.0 Å². The Morgan fingerprint density at radius 3 is 2.38 bits per heavy atom. The van der Waals surface area contributed by atoms with Crippen LogP contribution in [0.1, 0.15) is 6.42 Å². The number of carboxylic acids is 1. The van der Waals surface area contributed by atoms with Crippen molar-refractivity contribution in [1.82, 2.24) is 4.72 Å². The standard InChI is InChI=1S/C11H12BrCl2NO4S2/c1-20-3-2-9(11(16)17)15-21(18,19)10-7(13)4-6(12)5-8(10)14/h4-5,9,15H,2-3H2,1H3,(H,16,17). The Balaban J connectivity index is 3.14. The first-order valence-electron chi connectivity index (χ1n) is 5.57. The maximum absolute atomic E-state index is 12.3. The summed E-state index contributed by atoms with van der Waals surface area (Å²) in [6.45, 7) is 0. The van der Waals surface area contributed by atoms with Gasteiger partial charge in [0.2, 0.25) is 10.0 Å². The molecule has 0 saturated heterocycles. The Morgan fingerprint density at radius 2 is 1.95 bits per heavy atom. The van der Waals surface area contributed by atoms with Gasteiger partial charge in [-0.05, 0) is 30.6 Å². The van der Waals surface area contributed by atoms with Crippen molar-refractivity contribution in [3.8, 4) is 0 Å². The summed E-state index contributed by atoms with van der Waals surface area (Å²) in [5, 5.41) is 8.91. The van der Waals surface area contributed by atoms with Crippen molar-refractivity contribution in [2.24, 2.45) is 0 Å².